The van der Waals surface area contributed by atoms with Gasteiger partial charge in [-0.15, -0.1) is 10.2 Å². The number of ether oxygens (including phenoxy) is 1. The summed E-state index contributed by atoms with van der Waals surface area (Å²) in [7, 11) is 1.32. The van der Waals surface area contributed by atoms with Crippen molar-refractivity contribution in [2.24, 2.45) is 0 Å². The Morgan fingerprint density at radius 1 is 1.29 bits per heavy atom. The van der Waals surface area contributed by atoms with E-state index in [-0.39, 0.29) is 5.82 Å². The van der Waals surface area contributed by atoms with E-state index in [1.807, 2.05) is 0 Å². The number of fused-ring (bicyclic) bond motifs is 1. The minimum absolute atomic E-state index is 0.352. The fraction of sp³-hybridized carbons (Fsp3) is 0.0714. The number of rotatable bonds is 2. The average molecular weight is 350 g/mol. The number of pyridine rings is 1. The molecule has 1 aromatic carbocycles. The first-order valence-corrected chi connectivity index (χ1v) is 6.78. The summed E-state index contributed by atoms with van der Waals surface area (Å²) in [6, 6.07) is 7.56. The van der Waals surface area contributed by atoms with E-state index in [9.17, 15) is 9.18 Å². The number of hydrogen-bond donors (Lipinski definition) is 0. The molecular weight excluding hydrogens is 341 g/mol. The number of esters is 1. The molecule has 0 aliphatic rings. The molecule has 21 heavy (non-hydrogen) atoms. The van der Waals surface area contributed by atoms with Gasteiger partial charge in [-0.05, 0) is 46.3 Å². The van der Waals surface area contributed by atoms with Crippen LogP contribution >= 0.6 is 15.9 Å². The highest BCUT2D eigenvalue weighted by molar-refractivity contribution is 9.10. The van der Waals surface area contributed by atoms with Gasteiger partial charge in [0.2, 0.25) is 0 Å². The van der Waals surface area contributed by atoms with Crippen LogP contribution in [0, 0.1) is 5.82 Å². The average Bonchev–Trinajstić information content (AvgIpc) is 2.89. The van der Waals surface area contributed by atoms with Gasteiger partial charge >= 0.3 is 5.97 Å². The second kappa shape index (κ2) is 5.25. The van der Waals surface area contributed by atoms with Gasteiger partial charge in [-0.1, -0.05) is 0 Å². The summed E-state index contributed by atoms with van der Waals surface area (Å²) in [4.78, 5) is 11.6. The van der Waals surface area contributed by atoms with Gasteiger partial charge in [0.25, 0.3) is 0 Å². The molecule has 0 atom stereocenters. The van der Waals surface area contributed by atoms with Crippen LogP contribution in [0.1, 0.15) is 10.4 Å². The van der Waals surface area contributed by atoms with E-state index in [0.29, 0.717) is 27.1 Å². The largest absolute Gasteiger partial charge is 0.465 e. The number of nitrogens with zero attached hydrogens (tertiary/aromatic N) is 3. The van der Waals surface area contributed by atoms with Crippen molar-refractivity contribution in [1.82, 2.24) is 14.6 Å². The lowest BCUT2D eigenvalue weighted by molar-refractivity contribution is 0.0600. The summed E-state index contributed by atoms with van der Waals surface area (Å²) >= 11 is 3.30. The van der Waals surface area contributed by atoms with Gasteiger partial charge in [-0.3, -0.25) is 4.40 Å². The number of carbonyl (C=O) groups excluding carboxylic acids is 1. The molecule has 0 amide bonds. The Bertz CT molecular complexity index is 847. The van der Waals surface area contributed by atoms with Crippen molar-refractivity contribution >= 4 is 27.5 Å². The number of aromatic nitrogens is 3. The summed E-state index contributed by atoms with van der Waals surface area (Å²) in [5.74, 6) is -0.299. The Morgan fingerprint density at radius 3 is 2.81 bits per heavy atom. The molecule has 0 bridgehead atoms. The molecule has 3 rings (SSSR count). The molecule has 0 aliphatic carbocycles. The maximum absolute atomic E-state index is 13.2. The fourth-order valence-electron chi connectivity index (χ4n) is 1.98. The molecule has 0 spiro atoms. The van der Waals surface area contributed by atoms with Gasteiger partial charge < -0.3 is 4.74 Å². The Morgan fingerprint density at radius 2 is 2.10 bits per heavy atom. The lowest BCUT2D eigenvalue weighted by atomic mass is 10.2. The highest BCUT2D eigenvalue weighted by Gasteiger charge is 2.14. The number of benzene rings is 1. The molecule has 2 heterocycles. The third-order valence-electron chi connectivity index (χ3n) is 3.00. The van der Waals surface area contributed by atoms with Gasteiger partial charge in [0.05, 0.1) is 12.7 Å². The van der Waals surface area contributed by atoms with Gasteiger partial charge in [0.15, 0.2) is 11.5 Å². The van der Waals surface area contributed by atoms with Crippen molar-refractivity contribution in [3.8, 4) is 11.4 Å². The summed E-state index contributed by atoms with van der Waals surface area (Å²) in [6.07, 6.45) is 1.59. The zero-order valence-corrected chi connectivity index (χ0v) is 12.5. The summed E-state index contributed by atoms with van der Waals surface area (Å²) in [5.41, 5.74) is 1.63. The standard InChI is InChI=1S/C14H9BrFN3O2/c1-21-14(20)8-2-5-12-17-18-13(19(12)7-8)10-4-3-9(16)6-11(10)15/h2-7H,1H3. The topological polar surface area (TPSA) is 56.5 Å². The summed E-state index contributed by atoms with van der Waals surface area (Å²) < 4.78 is 20.1. The maximum Gasteiger partial charge on any atom is 0.339 e. The molecule has 0 aliphatic heterocycles. The minimum atomic E-state index is -0.449. The third-order valence-corrected chi connectivity index (χ3v) is 3.65. The number of hydrogen-bond acceptors (Lipinski definition) is 4. The molecule has 0 unspecified atom stereocenters. The van der Waals surface area contributed by atoms with Crippen molar-refractivity contribution in [2.75, 3.05) is 7.11 Å². The highest BCUT2D eigenvalue weighted by Crippen LogP contribution is 2.28. The summed E-state index contributed by atoms with van der Waals surface area (Å²) in [6.45, 7) is 0. The lowest BCUT2D eigenvalue weighted by Gasteiger charge is -2.04. The van der Waals surface area contributed by atoms with Crippen LogP contribution < -0.4 is 0 Å². The number of methoxy groups -OCH3 is 1. The molecule has 2 aromatic heterocycles. The first kappa shape index (κ1) is 13.7. The Labute approximate surface area is 127 Å². The Kier molecular flexibility index (Phi) is 3.42. The van der Waals surface area contributed by atoms with Crippen LogP contribution in [0.3, 0.4) is 0 Å². The molecule has 0 saturated carbocycles. The second-order valence-electron chi connectivity index (χ2n) is 4.29. The van der Waals surface area contributed by atoms with Crippen molar-refractivity contribution in [1.29, 1.82) is 0 Å². The van der Waals surface area contributed by atoms with Crippen LogP contribution in [0.15, 0.2) is 41.0 Å². The van der Waals surface area contributed by atoms with Crippen LogP contribution in [-0.4, -0.2) is 27.7 Å². The normalized spacial score (nSPS) is 10.8. The monoisotopic (exact) mass is 349 g/mol. The number of halogens is 2. The molecule has 3 aromatic rings. The van der Waals surface area contributed by atoms with Gasteiger partial charge in [0.1, 0.15) is 5.82 Å². The molecule has 106 valence electrons. The molecule has 7 heteroatoms. The smallest absolute Gasteiger partial charge is 0.339 e. The van der Waals surface area contributed by atoms with Crippen molar-refractivity contribution in [3.05, 3.63) is 52.4 Å². The van der Waals surface area contributed by atoms with Crippen molar-refractivity contribution in [3.63, 3.8) is 0 Å². The van der Waals surface area contributed by atoms with Gasteiger partial charge in [0, 0.05) is 16.2 Å². The van der Waals surface area contributed by atoms with Crippen molar-refractivity contribution in [2.45, 2.75) is 0 Å². The predicted molar refractivity (Wildman–Crippen MR) is 77.4 cm³/mol. The molecular formula is C14H9BrFN3O2. The first-order valence-electron chi connectivity index (χ1n) is 5.98. The van der Waals surface area contributed by atoms with E-state index in [2.05, 4.69) is 26.1 Å². The van der Waals surface area contributed by atoms with Gasteiger partial charge in [-0.2, -0.15) is 0 Å². The molecule has 5 nitrogen and oxygen atoms in total. The summed E-state index contributed by atoms with van der Waals surface area (Å²) in [5, 5.41) is 8.12. The predicted octanol–water partition coefficient (Wildman–Crippen LogP) is 3.08. The van der Waals surface area contributed by atoms with Crippen molar-refractivity contribution < 1.29 is 13.9 Å². The quantitative estimate of drug-likeness (QED) is 0.667. The zero-order valence-electron chi connectivity index (χ0n) is 10.9. The molecule has 0 saturated heterocycles. The first-order chi connectivity index (χ1) is 10.1. The molecule has 0 radical (unpaired) electrons. The van der Waals surface area contributed by atoms with E-state index < -0.39 is 5.97 Å². The van der Waals surface area contributed by atoms with E-state index in [4.69, 9.17) is 4.74 Å². The van der Waals surface area contributed by atoms with E-state index >= 15 is 0 Å². The van der Waals surface area contributed by atoms with Crippen LogP contribution in [0.5, 0.6) is 0 Å². The third kappa shape index (κ3) is 2.40. The Hall–Kier alpha value is -2.28. The zero-order chi connectivity index (χ0) is 15.0. The van der Waals surface area contributed by atoms with Crippen LogP contribution in [0.2, 0.25) is 0 Å². The fourth-order valence-corrected chi connectivity index (χ4v) is 2.51. The SMILES string of the molecule is COC(=O)c1ccc2nnc(-c3ccc(F)cc3Br)n2c1. The Balaban J connectivity index is 2.20. The van der Waals surface area contributed by atoms with Crippen LogP contribution in [-0.2, 0) is 4.74 Å². The maximum atomic E-state index is 13.2. The molecule has 0 N–H and O–H groups in total. The molecule has 0 fully saturated rings. The van der Waals surface area contributed by atoms with E-state index in [1.54, 1.807) is 28.8 Å². The van der Waals surface area contributed by atoms with E-state index in [0.717, 1.165) is 0 Å². The van der Waals surface area contributed by atoms with Crippen LogP contribution in [0.25, 0.3) is 17.0 Å². The lowest BCUT2D eigenvalue weighted by Crippen LogP contribution is -2.03. The van der Waals surface area contributed by atoms with Crippen LogP contribution in [0.4, 0.5) is 4.39 Å². The van der Waals surface area contributed by atoms with Gasteiger partial charge in [-0.25, -0.2) is 9.18 Å². The van der Waals surface area contributed by atoms with E-state index in [1.165, 1.54) is 19.2 Å². The second-order valence-corrected chi connectivity index (χ2v) is 5.14. The highest BCUT2D eigenvalue weighted by atomic mass is 79.9. The number of carbonyl (C=O) groups is 1. The minimum Gasteiger partial charge on any atom is -0.465 e.